The molecular weight excluding hydrogens is 228 g/mol. The lowest BCUT2D eigenvalue weighted by Crippen LogP contribution is -2.08. The van der Waals surface area contributed by atoms with Crippen LogP contribution in [0, 0.1) is 0 Å². The second kappa shape index (κ2) is 9.40. The number of ether oxygens (including phenoxy) is 1. The molecule has 3 nitrogen and oxygen atoms in total. The first kappa shape index (κ1) is 16.4. The van der Waals surface area contributed by atoms with Crippen LogP contribution in [-0.4, -0.2) is 18.4 Å². The van der Waals surface area contributed by atoms with E-state index in [1.165, 1.54) is 24.1 Å². The molecule has 100 valence electrons. The molecule has 0 heterocycles. The first-order valence-electron chi connectivity index (χ1n) is 6.05. The standard InChI is InChI=1S/C15H22O3/c1-12(2)7-5-8-13(3)9-6-10-15(17)11-18-14(4)16/h6-7,9-10H,5,8,11H2,1-4H3/b10-6+,13-9+. The van der Waals surface area contributed by atoms with Crippen LogP contribution < -0.4 is 0 Å². The van der Waals surface area contributed by atoms with Crippen molar-refractivity contribution >= 4 is 11.8 Å². The fraction of sp³-hybridized carbons (Fsp3) is 0.467. The first-order chi connectivity index (χ1) is 8.41. The summed E-state index contributed by atoms with van der Waals surface area (Å²) >= 11 is 0. The summed E-state index contributed by atoms with van der Waals surface area (Å²) in [6.07, 6.45) is 9.21. The van der Waals surface area contributed by atoms with E-state index in [4.69, 9.17) is 0 Å². The quantitative estimate of drug-likeness (QED) is 0.301. The predicted molar refractivity (Wildman–Crippen MR) is 73.2 cm³/mol. The van der Waals surface area contributed by atoms with Crippen molar-refractivity contribution in [2.45, 2.75) is 40.5 Å². The van der Waals surface area contributed by atoms with Gasteiger partial charge in [-0.25, -0.2) is 0 Å². The maximum Gasteiger partial charge on any atom is 0.303 e. The van der Waals surface area contributed by atoms with Crippen molar-refractivity contribution in [3.8, 4) is 0 Å². The smallest absolute Gasteiger partial charge is 0.303 e. The third-order valence-corrected chi connectivity index (χ3v) is 2.17. The van der Waals surface area contributed by atoms with Crippen LogP contribution in [0.1, 0.15) is 40.5 Å². The second-order valence-corrected chi connectivity index (χ2v) is 4.44. The van der Waals surface area contributed by atoms with Crippen LogP contribution in [0.3, 0.4) is 0 Å². The van der Waals surface area contributed by atoms with Crippen molar-refractivity contribution < 1.29 is 14.3 Å². The molecule has 18 heavy (non-hydrogen) atoms. The predicted octanol–water partition coefficient (Wildman–Crippen LogP) is 3.37. The number of hydrogen-bond donors (Lipinski definition) is 0. The molecule has 0 saturated carbocycles. The number of allylic oxidation sites excluding steroid dienone is 5. The van der Waals surface area contributed by atoms with E-state index < -0.39 is 5.97 Å². The van der Waals surface area contributed by atoms with Gasteiger partial charge in [0.25, 0.3) is 0 Å². The Kier molecular flexibility index (Phi) is 8.54. The highest BCUT2D eigenvalue weighted by molar-refractivity contribution is 5.92. The van der Waals surface area contributed by atoms with Crippen LogP contribution in [0.15, 0.2) is 35.5 Å². The highest BCUT2D eigenvalue weighted by Crippen LogP contribution is 2.06. The van der Waals surface area contributed by atoms with Gasteiger partial charge < -0.3 is 4.74 Å². The highest BCUT2D eigenvalue weighted by Gasteiger charge is 1.98. The Morgan fingerprint density at radius 3 is 2.33 bits per heavy atom. The third kappa shape index (κ3) is 10.9. The van der Waals surface area contributed by atoms with E-state index in [-0.39, 0.29) is 12.4 Å². The van der Waals surface area contributed by atoms with Gasteiger partial charge in [0.2, 0.25) is 0 Å². The van der Waals surface area contributed by atoms with E-state index in [0.29, 0.717) is 0 Å². The van der Waals surface area contributed by atoms with Crippen LogP contribution in [0.5, 0.6) is 0 Å². The van der Waals surface area contributed by atoms with Gasteiger partial charge in [-0.3, -0.25) is 9.59 Å². The molecule has 0 aromatic heterocycles. The van der Waals surface area contributed by atoms with Gasteiger partial charge in [-0.15, -0.1) is 0 Å². The average molecular weight is 250 g/mol. The number of carbonyl (C=O) groups excluding carboxylic acids is 2. The minimum absolute atomic E-state index is 0.184. The van der Waals surface area contributed by atoms with E-state index in [1.54, 1.807) is 6.08 Å². The Labute approximate surface area is 109 Å². The van der Waals surface area contributed by atoms with Crippen molar-refractivity contribution in [1.82, 2.24) is 0 Å². The van der Waals surface area contributed by atoms with Crippen LogP contribution >= 0.6 is 0 Å². The minimum Gasteiger partial charge on any atom is -0.457 e. The summed E-state index contributed by atoms with van der Waals surface area (Å²) in [6, 6.07) is 0. The maximum absolute atomic E-state index is 11.2. The molecular formula is C15H22O3. The van der Waals surface area contributed by atoms with E-state index in [0.717, 1.165) is 12.8 Å². The maximum atomic E-state index is 11.2. The van der Waals surface area contributed by atoms with Crippen molar-refractivity contribution in [2.75, 3.05) is 6.61 Å². The van der Waals surface area contributed by atoms with Crippen molar-refractivity contribution in [2.24, 2.45) is 0 Å². The zero-order valence-corrected chi connectivity index (χ0v) is 11.7. The van der Waals surface area contributed by atoms with Crippen molar-refractivity contribution in [3.63, 3.8) is 0 Å². The van der Waals surface area contributed by atoms with E-state index in [9.17, 15) is 9.59 Å². The van der Waals surface area contributed by atoms with E-state index >= 15 is 0 Å². The molecule has 0 N–H and O–H groups in total. The largest absolute Gasteiger partial charge is 0.457 e. The molecule has 0 aliphatic rings. The van der Waals surface area contributed by atoms with Gasteiger partial charge >= 0.3 is 5.97 Å². The topological polar surface area (TPSA) is 43.4 Å². The van der Waals surface area contributed by atoms with Crippen molar-refractivity contribution in [1.29, 1.82) is 0 Å². The molecule has 0 aliphatic carbocycles. The van der Waals surface area contributed by atoms with Crippen LogP contribution in [0.2, 0.25) is 0 Å². The molecule has 0 saturated heterocycles. The minimum atomic E-state index is -0.440. The molecule has 0 atom stereocenters. The Morgan fingerprint density at radius 1 is 1.11 bits per heavy atom. The fourth-order valence-electron chi connectivity index (χ4n) is 1.21. The van der Waals surface area contributed by atoms with Crippen molar-refractivity contribution in [3.05, 3.63) is 35.5 Å². The molecule has 0 aliphatic heterocycles. The first-order valence-corrected chi connectivity index (χ1v) is 6.05. The molecule has 3 heteroatoms. The monoisotopic (exact) mass is 250 g/mol. The number of esters is 1. The second-order valence-electron chi connectivity index (χ2n) is 4.44. The molecule has 0 rings (SSSR count). The van der Waals surface area contributed by atoms with E-state index in [2.05, 4.69) is 24.7 Å². The molecule has 0 aromatic rings. The Hall–Kier alpha value is -1.64. The Bertz CT molecular complexity index is 369. The van der Waals surface area contributed by atoms with Gasteiger partial charge in [0.1, 0.15) is 0 Å². The molecule has 0 unspecified atom stereocenters. The highest BCUT2D eigenvalue weighted by atomic mass is 16.5. The molecule has 0 radical (unpaired) electrons. The Balaban J connectivity index is 4.00. The zero-order chi connectivity index (χ0) is 14.0. The van der Waals surface area contributed by atoms with Crippen LogP contribution in [0.4, 0.5) is 0 Å². The van der Waals surface area contributed by atoms with Gasteiger partial charge in [-0.1, -0.05) is 29.4 Å². The molecule has 0 bridgehead atoms. The summed E-state index contributed by atoms with van der Waals surface area (Å²) in [5.41, 5.74) is 2.53. The lowest BCUT2D eigenvalue weighted by molar-refractivity contribution is -0.144. The Morgan fingerprint density at radius 2 is 1.78 bits per heavy atom. The molecule has 0 aromatic carbocycles. The summed E-state index contributed by atoms with van der Waals surface area (Å²) in [6.45, 7) is 7.28. The normalized spacial score (nSPS) is 11.4. The molecule has 0 amide bonds. The molecule has 0 spiro atoms. The van der Waals surface area contributed by atoms with Gasteiger partial charge in [0.05, 0.1) is 0 Å². The van der Waals surface area contributed by atoms with Crippen LogP contribution in [-0.2, 0) is 14.3 Å². The van der Waals surface area contributed by atoms with Gasteiger partial charge in [0.15, 0.2) is 12.4 Å². The number of carbonyl (C=O) groups is 2. The third-order valence-electron chi connectivity index (χ3n) is 2.17. The van der Waals surface area contributed by atoms with Crippen LogP contribution in [0.25, 0.3) is 0 Å². The molecule has 0 fully saturated rings. The summed E-state index contributed by atoms with van der Waals surface area (Å²) < 4.78 is 4.58. The van der Waals surface area contributed by atoms with Gasteiger partial charge in [-0.05, 0) is 39.7 Å². The summed E-state index contributed by atoms with van der Waals surface area (Å²) in [5, 5.41) is 0. The summed E-state index contributed by atoms with van der Waals surface area (Å²) in [5.74, 6) is -0.649. The average Bonchev–Trinajstić information content (AvgIpc) is 2.25. The fourth-order valence-corrected chi connectivity index (χ4v) is 1.21. The van der Waals surface area contributed by atoms with Gasteiger partial charge in [0, 0.05) is 6.92 Å². The number of hydrogen-bond acceptors (Lipinski definition) is 3. The van der Waals surface area contributed by atoms with E-state index in [1.807, 2.05) is 13.0 Å². The summed E-state index contributed by atoms with van der Waals surface area (Å²) in [4.78, 5) is 21.7. The SMILES string of the molecule is CC(=O)OCC(=O)/C=C/C=C(\C)CCC=C(C)C. The number of rotatable bonds is 7. The van der Waals surface area contributed by atoms with Gasteiger partial charge in [-0.2, -0.15) is 0 Å². The lowest BCUT2D eigenvalue weighted by Gasteiger charge is -1.97. The summed E-state index contributed by atoms with van der Waals surface area (Å²) in [7, 11) is 0. The lowest BCUT2D eigenvalue weighted by atomic mass is 10.1. The zero-order valence-electron chi connectivity index (χ0n) is 11.7. The number of ketones is 1.